The first-order chi connectivity index (χ1) is 6.45. The summed E-state index contributed by atoms with van der Waals surface area (Å²) in [5.41, 5.74) is 0. The van der Waals surface area contributed by atoms with Crippen molar-refractivity contribution in [2.75, 3.05) is 0 Å². The average molecular weight is 194 g/mol. The number of carbonyl (C=O) groups excluding carboxylic acids is 1. The molecule has 0 spiro atoms. The molecule has 0 aromatic rings. The van der Waals surface area contributed by atoms with Crippen molar-refractivity contribution in [3.05, 3.63) is 25.3 Å². The topological polar surface area (TPSA) is 17.1 Å². The number of hydrogen-bond acceptors (Lipinski definition) is 1. The summed E-state index contributed by atoms with van der Waals surface area (Å²) in [6.07, 6.45) is 3.51. The minimum atomic E-state index is -0.0413. The summed E-state index contributed by atoms with van der Waals surface area (Å²) in [6, 6.07) is 0. The van der Waals surface area contributed by atoms with Gasteiger partial charge in [0.15, 0.2) is 0 Å². The Morgan fingerprint density at radius 1 is 0.929 bits per heavy atom. The molecule has 0 bridgehead atoms. The summed E-state index contributed by atoms with van der Waals surface area (Å²) in [5, 5.41) is 0. The van der Waals surface area contributed by atoms with Crippen LogP contribution in [0.3, 0.4) is 0 Å². The molecule has 0 amide bonds. The lowest BCUT2D eigenvalue weighted by atomic mass is 9.80. The van der Waals surface area contributed by atoms with E-state index in [1.807, 2.05) is 27.7 Å². The molecule has 0 aromatic carbocycles. The zero-order valence-electron chi connectivity index (χ0n) is 9.79. The van der Waals surface area contributed by atoms with E-state index in [0.29, 0.717) is 11.8 Å². The standard InChI is InChI=1S/C13H22O/c1-7-11(9(3)4)13(14)12(8-2)10(5)6/h7-12H,1-2H2,3-6H3. The van der Waals surface area contributed by atoms with Gasteiger partial charge in [-0.3, -0.25) is 4.79 Å². The van der Waals surface area contributed by atoms with Crippen LogP contribution in [0.1, 0.15) is 27.7 Å². The van der Waals surface area contributed by atoms with Gasteiger partial charge in [-0.2, -0.15) is 0 Å². The number of rotatable bonds is 6. The first-order valence-electron chi connectivity index (χ1n) is 5.24. The Balaban J connectivity index is 4.70. The lowest BCUT2D eigenvalue weighted by molar-refractivity contribution is -0.126. The highest BCUT2D eigenvalue weighted by Crippen LogP contribution is 2.23. The summed E-state index contributed by atoms with van der Waals surface area (Å²) in [6.45, 7) is 15.6. The van der Waals surface area contributed by atoms with Crippen molar-refractivity contribution in [2.24, 2.45) is 23.7 Å². The molecule has 80 valence electrons. The molecular weight excluding hydrogens is 172 g/mol. The van der Waals surface area contributed by atoms with Gasteiger partial charge in [-0.25, -0.2) is 0 Å². The third kappa shape index (κ3) is 3.13. The molecule has 0 aromatic heterocycles. The van der Waals surface area contributed by atoms with Crippen LogP contribution in [0, 0.1) is 23.7 Å². The van der Waals surface area contributed by atoms with Gasteiger partial charge in [0, 0.05) is 11.8 Å². The molecule has 1 heteroatoms. The summed E-state index contributed by atoms with van der Waals surface area (Å²) in [7, 11) is 0. The fourth-order valence-corrected chi connectivity index (χ4v) is 1.66. The highest BCUT2D eigenvalue weighted by molar-refractivity contribution is 5.86. The maximum absolute atomic E-state index is 12.0. The molecule has 2 unspecified atom stereocenters. The quantitative estimate of drug-likeness (QED) is 0.592. The van der Waals surface area contributed by atoms with Gasteiger partial charge in [-0.1, -0.05) is 39.8 Å². The van der Waals surface area contributed by atoms with Crippen molar-refractivity contribution < 1.29 is 4.79 Å². The first-order valence-corrected chi connectivity index (χ1v) is 5.24. The number of Topliss-reactive ketones (excluding diaryl/α,β-unsaturated/α-hetero) is 1. The van der Waals surface area contributed by atoms with E-state index in [9.17, 15) is 4.79 Å². The maximum atomic E-state index is 12.0. The van der Waals surface area contributed by atoms with Gasteiger partial charge >= 0.3 is 0 Å². The highest BCUT2D eigenvalue weighted by Gasteiger charge is 2.26. The SMILES string of the molecule is C=CC(C(=O)C(C=C)C(C)C)C(C)C. The Hall–Kier alpha value is -0.850. The third-order valence-electron chi connectivity index (χ3n) is 2.60. The summed E-state index contributed by atoms with van der Waals surface area (Å²) in [5.74, 6) is 0.809. The first kappa shape index (κ1) is 13.2. The van der Waals surface area contributed by atoms with E-state index in [0.717, 1.165) is 0 Å². The van der Waals surface area contributed by atoms with Crippen LogP contribution >= 0.6 is 0 Å². The largest absolute Gasteiger partial charge is 0.298 e. The smallest absolute Gasteiger partial charge is 0.147 e. The molecular formula is C13H22O. The lowest BCUT2D eigenvalue weighted by Gasteiger charge is -2.22. The Kier molecular flexibility index (Phi) is 5.44. The molecule has 1 nitrogen and oxygen atoms in total. The molecule has 0 saturated heterocycles. The maximum Gasteiger partial charge on any atom is 0.147 e. The fourth-order valence-electron chi connectivity index (χ4n) is 1.66. The molecule has 0 fully saturated rings. The van der Waals surface area contributed by atoms with Crippen molar-refractivity contribution in [3.63, 3.8) is 0 Å². The van der Waals surface area contributed by atoms with Gasteiger partial charge in [-0.15, -0.1) is 13.2 Å². The van der Waals surface area contributed by atoms with Gasteiger partial charge in [0.05, 0.1) is 0 Å². The molecule has 0 saturated carbocycles. The van der Waals surface area contributed by atoms with Crippen molar-refractivity contribution in [1.29, 1.82) is 0 Å². The van der Waals surface area contributed by atoms with E-state index in [1.54, 1.807) is 12.2 Å². The summed E-state index contributed by atoms with van der Waals surface area (Å²) in [4.78, 5) is 12.0. The van der Waals surface area contributed by atoms with E-state index in [-0.39, 0.29) is 17.6 Å². The van der Waals surface area contributed by atoms with Gasteiger partial charge in [0.1, 0.15) is 5.78 Å². The zero-order chi connectivity index (χ0) is 11.3. The minimum Gasteiger partial charge on any atom is -0.298 e. The Morgan fingerprint density at radius 2 is 1.21 bits per heavy atom. The minimum absolute atomic E-state index is 0.0413. The Labute approximate surface area is 87.9 Å². The average Bonchev–Trinajstić information content (AvgIpc) is 2.04. The van der Waals surface area contributed by atoms with Gasteiger partial charge in [0.25, 0.3) is 0 Å². The van der Waals surface area contributed by atoms with Crippen LogP contribution in [0.15, 0.2) is 25.3 Å². The zero-order valence-corrected chi connectivity index (χ0v) is 9.79. The van der Waals surface area contributed by atoms with Crippen LogP contribution in [0.5, 0.6) is 0 Å². The van der Waals surface area contributed by atoms with Crippen molar-refractivity contribution in [2.45, 2.75) is 27.7 Å². The van der Waals surface area contributed by atoms with E-state index < -0.39 is 0 Å². The molecule has 0 aliphatic carbocycles. The van der Waals surface area contributed by atoms with Crippen molar-refractivity contribution >= 4 is 5.78 Å². The van der Waals surface area contributed by atoms with Gasteiger partial charge < -0.3 is 0 Å². The Morgan fingerprint density at radius 3 is 1.36 bits per heavy atom. The van der Waals surface area contributed by atoms with Crippen LogP contribution in [-0.2, 0) is 4.79 Å². The molecule has 0 radical (unpaired) electrons. The molecule has 0 rings (SSSR count). The molecule has 0 N–H and O–H groups in total. The van der Waals surface area contributed by atoms with E-state index >= 15 is 0 Å². The third-order valence-corrected chi connectivity index (χ3v) is 2.60. The second-order valence-electron chi connectivity index (χ2n) is 4.41. The number of allylic oxidation sites excluding steroid dienone is 2. The monoisotopic (exact) mass is 194 g/mol. The van der Waals surface area contributed by atoms with Crippen molar-refractivity contribution in [1.82, 2.24) is 0 Å². The van der Waals surface area contributed by atoms with Crippen LogP contribution in [-0.4, -0.2) is 5.78 Å². The van der Waals surface area contributed by atoms with E-state index in [2.05, 4.69) is 13.2 Å². The van der Waals surface area contributed by atoms with Crippen LogP contribution in [0.25, 0.3) is 0 Å². The van der Waals surface area contributed by atoms with Gasteiger partial charge in [0.2, 0.25) is 0 Å². The van der Waals surface area contributed by atoms with Crippen LogP contribution < -0.4 is 0 Å². The summed E-state index contributed by atoms with van der Waals surface area (Å²) >= 11 is 0. The van der Waals surface area contributed by atoms with Crippen molar-refractivity contribution in [3.8, 4) is 0 Å². The van der Waals surface area contributed by atoms with Crippen LogP contribution in [0.2, 0.25) is 0 Å². The molecule has 0 heterocycles. The van der Waals surface area contributed by atoms with Crippen LogP contribution in [0.4, 0.5) is 0 Å². The van der Waals surface area contributed by atoms with E-state index in [1.165, 1.54) is 0 Å². The molecule has 2 atom stereocenters. The normalized spacial score (nSPS) is 15.3. The second-order valence-corrected chi connectivity index (χ2v) is 4.41. The van der Waals surface area contributed by atoms with E-state index in [4.69, 9.17) is 0 Å². The predicted molar refractivity (Wildman–Crippen MR) is 62.1 cm³/mol. The molecule has 0 aliphatic heterocycles. The summed E-state index contributed by atoms with van der Waals surface area (Å²) < 4.78 is 0. The predicted octanol–water partition coefficient (Wildman–Crippen LogP) is 3.47. The molecule has 0 aliphatic rings. The van der Waals surface area contributed by atoms with Gasteiger partial charge in [-0.05, 0) is 11.8 Å². The fraction of sp³-hybridized carbons (Fsp3) is 0.615. The number of carbonyl (C=O) groups is 1. The highest BCUT2D eigenvalue weighted by atomic mass is 16.1. The lowest BCUT2D eigenvalue weighted by Crippen LogP contribution is -2.27. The number of ketones is 1. The molecule has 14 heavy (non-hydrogen) atoms. The Bertz CT molecular complexity index is 191. The number of hydrogen-bond donors (Lipinski definition) is 0. The second kappa shape index (κ2) is 5.79.